The summed E-state index contributed by atoms with van der Waals surface area (Å²) in [6, 6.07) is 5.90. The highest BCUT2D eigenvalue weighted by molar-refractivity contribution is 5.46. The zero-order chi connectivity index (χ0) is 13.2. The van der Waals surface area contributed by atoms with Crippen LogP contribution in [0.15, 0.2) is 18.2 Å². The van der Waals surface area contributed by atoms with E-state index in [0.29, 0.717) is 6.61 Å². The topological polar surface area (TPSA) is 30.5 Å². The minimum Gasteiger partial charge on any atom is -0.490 e. The minimum absolute atomic E-state index is 0.255. The summed E-state index contributed by atoms with van der Waals surface area (Å²) in [5.74, 6) is 3.99. The van der Waals surface area contributed by atoms with Crippen LogP contribution in [-0.2, 0) is 6.54 Å². The van der Waals surface area contributed by atoms with Crippen LogP contribution >= 0.6 is 0 Å². The maximum absolute atomic E-state index is 5.60. The smallest absolute Gasteiger partial charge is 0.167 e. The van der Waals surface area contributed by atoms with Crippen molar-refractivity contribution < 1.29 is 9.47 Å². The Labute approximate surface area is 109 Å². The van der Waals surface area contributed by atoms with Gasteiger partial charge in [-0.05, 0) is 26.0 Å². The molecule has 0 atom stereocenters. The fraction of sp³-hybridized carbons (Fsp3) is 0.467. The molecule has 1 aromatic rings. The number of rotatable bonds is 8. The van der Waals surface area contributed by atoms with E-state index >= 15 is 0 Å². The van der Waals surface area contributed by atoms with Crippen molar-refractivity contribution in [1.82, 2.24) is 5.32 Å². The van der Waals surface area contributed by atoms with Gasteiger partial charge in [0.2, 0.25) is 0 Å². The minimum atomic E-state index is 0.255. The maximum atomic E-state index is 5.60. The third-order valence-electron chi connectivity index (χ3n) is 2.40. The van der Waals surface area contributed by atoms with E-state index in [1.165, 1.54) is 0 Å². The molecule has 0 radical (unpaired) electrons. The summed E-state index contributed by atoms with van der Waals surface area (Å²) < 4.78 is 11.2. The second-order valence-corrected chi connectivity index (χ2v) is 3.85. The van der Waals surface area contributed by atoms with E-state index < -0.39 is 0 Å². The molecule has 0 fully saturated rings. The molecule has 0 aliphatic carbocycles. The van der Waals surface area contributed by atoms with Gasteiger partial charge in [-0.1, -0.05) is 25.0 Å². The van der Waals surface area contributed by atoms with E-state index in [0.717, 1.165) is 36.6 Å². The molecule has 1 rings (SSSR count). The molecule has 3 heteroatoms. The first-order valence-corrected chi connectivity index (χ1v) is 6.35. The van der Waals surface area contributed by atoms with Gasteiger partial charge in [-0.2, -0.15) is 0 Å². The Morgan fingerprint density at radius 1 is 1.28 bits per heavy atom. The Kier molecular flexibility index (Phi) is 6.75. The number of para-hydroxylation sites is 1. The van der Waals surface area contributed by atoms with Gasteiger partial charge in [0.1, 0.15) is 6.61 Å². The van der Waals surface area contributed by atoms with Crippen LogP contribution in [0.1, 0.15) is 25.8 Å². The molecule has 0 saturated carbocycles. The van der Waals surface area contributed by atoms with Crippen LogP contribution in [0.4, 0.5) is 0 Å². The van der Waals surface area contributed by atoms with Gasteiger partial charge in [0.15, 0.2) is 11.5 Å². The molecule has 0 aliphatic heterocycles. The summed E-state index contributed by atoms with van der Waals surface area (Å²) >= 11 is 0. The quantitative estimate of drug-likeness (QED) is 0.566. The highest BCUT2D eigenvalue weighted by Gasteiger charge is 2.10. The molecule has 0 bridgehead atoms. The normalized spacial score (nSPS) is 9.83. The van der Waals surface area contributed by atoms with Gasteiger partial charge < -0.3 is 14.8 Å². The van der Waals surface area contributed by atoms with Crippen molar-refractivity contribution in [3.05, 3.63) is 23.8 Å². The van der Waals surface area contributed by atoms with Crippen LogP contribution in [0.3, 0.4) is 0 Å². The molecule has 0 aliphatic rings. The first-order valence-electron chi connectivity index (χ1n) is 6.35. The number of hydrogen-bond donors (Lipinski definition) is 1. The average molecular weight is 247 g/mol. The molecule has 18 heavy (non-hydrogen) atoms. The molecule has 0 heterocycles. The van der Waals surface area contributed by atoms with E-state index in [1.54, 1.807) is 0 Å². The Morgan fingerprint density at radius 2 is 2.11 bits per heavy atom. The Morgan fingerprint density at radius 3 is 2.78 bits per heavy atom. The lowest BCUT2D eigenvalue weighted by Gasteiger charge is -2.15. The van der Waals surface area contributed by atoms with E-state index in [9.17, 15) is 0 Å². The third-order valence-corrected chi connectivity index (χ3v) is 2.40. The second-order valence-electron chi connectivity index (χ2n) is 3.85. The van der Waals surface area contributed by atoms with Gasteiger partial charge in [-0.15, -0.1) is 6.42 Å². The molecule has 3 nitrogen and oxygen atoms in total. The molecule has 0 saturated heterocycles. The lowest BCUT2D eigenvalue weighted by molar-refractivity contribution is 0.296. The molecule has 0 unspecified atom stereocenters. The zero-order valence-electron chi connectivity index (χ0n) is 11.2. The largest absolute Gasteiger partial charge is 0.490 e. The summed E-state index contributed by atoms with van der Waals surface area (Å²) in [6.45, 7) is 6.69. The van der Waals surface area contributed by atoms with Gasteiger partial charge in [0, 0.05) is 12.1 Å². The molecular formula is C15H21NO2. The number of nitrogens with one attached hydrogen (secondary N) is 1. The van der Waals surface area contributed by atoms with E-state index in [2.05, 4.69) is 18.2 Å². The fourth-order valence-corrected chi connectivity index (χ4v) is 1.65. The molecule has 98 valence electrons. The number of benzene rings is 1. The predicted octanol–water partition coefficient (Wildman–Crippen LogP) is 2.60. The van der Waals surface area contributed by atoms with Crippen molar-refractivity contribution in [1.29, 1.82) is 0 Å². The molecule has 1 N–H and O–H groups in total. The molecule has 0 aromatic heterocycles. The van der Waals surface area contributed by atoms with Crippen LogP contribution in [-0.4, -0.2) is 19.8 Å². The summed E-state index contributed by atoms with van der Waals surface area (Å²) in [7, 11) is 0. The summed E-state index contributed by atoms with van der Waals surface area (Å²) in [6.07, 6.45) is 6.34. The predicted molar refractivity (Wildman–Crippen MR) is 73.9 cm³/mol. The number of hydrogen-bond acceptors (Lipinski definition) is 3. The summed E-state index contributed by atoms with van der Waals surface area (Å²) in [5.41, 5.74) is 1.07. The highest BCUT2D eigenvalue weighted by atomic mass is 16.5. The number of ether oxygens (including phenoxy) is 2. The van der Waals surface area contributed by atoms with Crippen LogP contribution < -0.4 is 14.8 Å². The van der Waals surface area contributed by atoms with Crippen molar-refractivity contribution in [2.24, 2.45) is 0 Å². The first-order chi connectivity index (χ1) is 8.83. The van der Waals surface area contributed by atoms with E-state index in [-0.39, 0.29) is 6.61 Å². The monoisotopic (exact) mass is 247 g/mol. The zero-order valence-corrected chi connectivity index (χ0v) is 11.2. The van der Waals surface area contributed by atoms with Crippen molar-refractivity contribution in [3.63, 3.8) is 0 Å². The summed E-state index contributed by atoms with van der Waals surface area (Å²) in [4.78, 5) is 0. The van der Waals surface area contributed by atoms with Gasteiger partial charge >= 0.3 is 0 Å². The van der Waals surface area contributed by atoms with Crippen molar-refractivity contribution in [3.8, 4) is 23.8 Å². The van der Waals surface area contributed by atoms with Crippen molar-refractivity contribution in [2.45, 2.75) is 26.8 Å². The second kappa shape index (κ2) is 8.43. The van der Waals surface area contributed by atoms with Gasteiger partial charge in [-0.25, -0.2) is 0 Å². The fourth-order valence-electron chi connectivity index (χ4n) is 1.65. The van der Waals surface area contributed by atoms with Gasteiger partial charge in [0.05, 0.1) is 6.61 Å². The van der Waals surface area contributed by atoms with Crippen LogP contribution in [0.2, 0.25) is 0 Å². The van der Waals surface area contributed by atoms with Crippen LogP contribution in [0.5, 0.6) is 11.5 Å². The van der Waals surface area contributed by atoms with Crippen LogP contribution in [0, 0.1) is 12.3 Å². The molecule has 1 aromatic carbocycles. The molecule has 0 spiro atoms. The average Bonchev–Trinajstić information content (AvgIpc) is 2.38. The summed E-state index contributed by atoms with van der Waals surface area (Å²) in [5, 5.41) is 3.35. The third kappa shape index (κ3) is 4.31. The highest BCUT2D eigenvalue weighted by Crippen LogP contribution is 2.31. The van der Waals surface area contributed by atoms with Gasteiger partial charge in [0.25, 0.3) is 0 Å². The lowest BCUT2D eigenvalue weighted by Crippen LogP contribution is -2.15. The molecular weight excluding hydrogens is 226 g/mol. The first kappa shape index (κ1) is 14.4. The standard InChI is InChI=1S/C15H21NO2/c1-4-10-16-12-13-8-7-9-14(17-6-3)15(13)18-11-5-2/h2,7-9,16H,4,6,10-12H2,1,3H3. The van der Waals surface area contributed by atoms with Crippen LogP contribution in [0.25, 0.3) is 0 Å². The number of terminal acetylenes is 1. The van der Waals surface area contributed by atoms with E-state index in [1.807, 2.05) is 25.1 Å². The Bertz CT molecular complexity index is 396. The van der Waals surface area contributed by atoms with Crippen molar-refractivity contribution >= 4 is 0 Å². The SMILES string of the molecule is C#CCOc1c(CNCCC)cccc1OCC. The lowest BCUT2D eigenvalue weighted by atomic mass is 10.2. The van der Waals surface area contributed by atoms with Crippen molar-refractivity contribution in [2.75, 3.05) is 19.8 Å². The van der Waals surface area contributed by atoms with E-state index in [4.69, 9.17) is 15.9 Å². The Hall–Kier alpha value is -1.66. The van der Waals surface area contributed by atoms with Gasteiger partial charge in [-0.3, -0.25) is 0 Å². The maximum Gasteiger partial charge on any atom is 0.167 e. The Balaban J connectivity index is 2.84. The molecule has 0 amide bonds.